The zero-order valence-corrected chi connectivity index (χ0v) is 8.89. The molecule has 0 aliphatic heterocycles. The van der Waals surface area contributed by atoms with Gasteiger partial charge in [0, 0.05) is 31.4 Å². The van der Waals surface area contributed by atoms with Crippen LogP contribution in [0.1, 0.15) is 18.4 Å². The molecule has 0 atom stereocenters. The average Bonchev–Trinajstić information content (AvgIpc) is 2.98. The summed E-state index contributed by atoms with van der Waals surface area (Å²) in [7, 11) is 1.85. The Bertz CT molecular complexity index is 356. The van der Waals surface area contributed by atoms with Gasteiger partial charge in [0.25, 0.3) is 0 Å². The van der Waals surface area contributed by atoms with Crippen molar-refractivity contribution < 1.29 is 4.79 Å². The highest BCUT2D eigenvalue weighted by atomic mass is 16.2. The Labute approximate surface area is 88.8 Å². The van der Waals surface area contributed by atoms with Crippen LogP contribution >= 0.6 is 0 Å². The molecule has 1 aliphatic rings. The van der Waals surface area contributed by atoms with Crippen LogP contribution in [0.4, 0.5) is 0 Å². The number of rotatable bonds is 4. The molecule has 1 amide bonds. The monoisotopic (exact) mass is 208 g/mol. The third kappa shape index (κ3) is 2.36. The van der Waals surface area contributed by atoms with Gasteiger partial charge in [0.1, 0.15) is 6.54 Å². The highest BCUT2D eigenvalue weighted by Crippen LogP contribution is 2.25. The van der Waals surface area contributed by atoms with Gasteiger partial charge in [-0.2, -0.15) is 5.10 Å². The predicted octanol–water partition coefficient (Wildman–Crippen LogP) is -0.0374. The fourth-order valence-corrected chi connectivity index (χ4v) is 1.51. The predicted molar refractivity (Wildman–Crippen MR) is 55.9 cm³/mol. The summed E-state index contributed by atoms with van der Waals surface area (Å²) in [4.78, 5) is 13.5. The molecule has 1 saturated carbocycles. The molecule has 0 unspecified atom stereocenters. The number of carbonyl (C=O) groups excluding carboxylic acids is 1. The Morgan fingerprint density at radius 2 is 2.47 bits per heavy atom. The third-order valence-electron chi connectivity index (χ3n) is 2.71. The Morgan fingerprint density at radius 1 is 1.73 bits per heavy atom. The lowest BCUT2D eigenvalue weighted by Gasteiger charge is -2.15. The Hall–Kier alpha value is -1.36. The summed E-state index contributed by atoms with van der Waals surface area (Å²) in [5.74, 6) is 0.115. The van der Waals surface area contributed by atoms with Crippen molar-refractivity contribution in [2.75, 3.05) is 7.05 Å². The van der Waals surface area contributed by atoms with Crippen LogP contribution in [-0.4, -0.2) is 33.7 Å². The number of likely N-dealkylation sites (N-methyl/N-ethyl adjacent to an activating group) is 1. The second kappa shape index (κ2) is 4.02. The summed E-state index contributed by atoms with van der Waals surface area (Å²) in [6.45, 7) is 0.777. The molecule has 0 saturated heterocycles. The SMILES string of the molecule is CN(C(=O)Cn1cc(CN)cn1)C1CC1. The normalized spacial score (nSPS) is 15.3. The van der Waals surface area contributed by atoms with E-state index in [1.165, 1.54) is 0 Å². The standard InChI is InChI=1S/C10H16N4O/c1-13(9-2-3-9)10(15)7-14-6-8(4-11)5-12-14/h5-6,9H,2-4,7,11H2,1H3. The Kier molecular flexibility index (Phi) is 2.73. The molecule has 2 N–H and O–H groups in total. The lowest BCUT2D eigenvalue weighted by atomic mass is 10.4. The lowest BCUT2D eigenvalue weighted by molar-refractivity contribution is -0.131. The minimum absolute atomic E-state index is 0.115. The van der Waals surface area contributed by atoms with E-state index in [0.717, 1.165) is 18.4 Å². The van der Waals surface area contributed by atoms with E-state index in [9.17, 15) is 4.79 Å². The van der Waals surface area contributed by atoms with E-state index in [0.29, 0.717) is 19.1 Å². The van der Waals surface area contributed by atoms with Crippen molar-refractivity contribution in [3.05, 3.63) is 18.0 Å². The highest BCUT2D eigenvalue weighted by molar-refractivity contribution is 5.76. The van der Waals surface area contributed by atoms with Gasteiger partial charge in [-0.25, -0.2) is 0 Å². The largest absolute Gasteiger partial charge is 0.341 e. The average molecular weight is 208 g/mol. The summed E-state index contributed by atoms with van der Waals surface area (Å²) in [5, 5.41) is 4.08. The quantitative estimate of drug-likeness (QED) is 0.755. The second-order valence-corrected chi connectivity index (χ2v) is 3.99. The summed E-state index contributed by atoms with van der Waals surface area (Å²) in [6, 6.07) is 0.460. The molecule has 1 aromatic rings. The Morgan fingerprint density at radius 3 is 3.00 bits per heavy atom. The van der Waals surface area contributed by atoms with Crippen molar-refractivity contribution in [2.24, 2.45) is 5.73 Å². The van der Waals surface area contributed by atoms with Crippen molar-refractivity contribution in [1.82, 2.24) is 14.7 Å². The summed E-state index contributed by atoms with van der Waals surface area (Å²) < 4.78 is 1.64. The van der Waals surface area contributed by atoms with Crippen molar-refractivity contribution >= 4 is 5.91 Å². The van der Waals surface area contributed by atoms with Crippen molar-refractivity contribution in [3.8, 4) is 0 Å². The number of aromatic nitrogens is 2. The Balaban J connectivity index is 1.92. The molecule has 2 rings (SSSR count). The van der Waals surface area contributed by atoms with Gasteiger partial charge in [-0.1, -0.05) is 0 Å². The maximum Gasteiger partial charge on any atom is 0.244 e. The first-order valence-corrected chi connectivity index (χ1v) is 5.17. The second-order valence-electron chi connectivity index (χ2n) is 3.99. The van der Waals surface area contributed by atoms with E-state index in [2.05, 4.69) is 5.10 Å². The molecule has 1 aliphatic carbocycles. The minimum atomic E-state index is 0.115. The lowest BCUT2D eigenvalue weighted by Crippen LogP contribution is -2.32. The molecule has 5 nitrogen and oxygen atoms in total. The van der Waals surface area contributed by atoms with Gasteiger partial charge in [0.05, 0.1) is 6.20 Å². The van der Waals surface area contributed by atoms with Gasteiger partial charge < -0.3 is 10.6 Å². The summed E-state index contributed by atoms with van der Waals surface area (Å²) in [5.41, 5.74) is 6.42. The minimum Gasteiger partial charge on any atom is -0.341 e. The van der Waals surface area contributed by atoms with Gasteiger partial charge in [-0.15, -0.1) is 0 Å². The smallest absolute Gasteiger partial charge is 0.244 e. The molecule has 15 heavy (non-hydrogen) atoms. The van der Waals surface area contributed by atoms with Crippen molar-refractivity contribution in [2.45, 2.75) is 32.0 Å². The maximum absolute atomic E-state index is 11.7. The number of hydrogen-bond acceptors (Lipinski definition) is 3. The first-order valence-electron chi connectivity index (χ1n) is 5.17. The number of amides is 1. The van der Waals surface area contributed by atoms with Crippen LogP contribution in [0.2, 0.25) is 0 Å². The molecular formula is C10H16N4O. The molecule has 1 heterocycles. The van der Waals surface area contributed by atoms with Gasteiger partial charge >= 0.3 is 0 Å². The van der Waals surface area contributed by atoms with Crippen LogP contribution in [0.15, 0.2) is 12.4 Å². The fraction of sp³-hybridized carbons (Fsp3) is 0.600. The van der Waals surface area contributed by atoms with E-state index in [1.54, 1.807) is 10.9 Å². The van der Waals surface area contributed by atoms with Gasteiger partial charge in [-0.05, 0) is 12.8 Å². The molecule has 5 heteroatoms. The molecule has 1 aromatic heterocycles. The molecule has 0 aromatic carbocycles. The van der Waals surface area contributed by atoms with Crippen LogP contribution in [0.3, 0.4) is 0 Å². The first kappa shape index (κ1) is 10.2. The highest BCUT2D eigenvalue weighted by Gasteiger charge is 2.29. The van der Waals surface area contributed by atoms with Crippen molar-refractivity contribution in [3.63, 3.8) is 0 Å². The molecular weight excluding hydrogens is 192 g/mol. The number of nitrogens with two attached hydrogens (primary N) is 1. The van der Waals surface area contributed by atoms with E-state index < -0.39 is 0 Å². The first-order chi connectivity index (χ1) is 7.20. The van der Waals surface area contributed by atoms with Gasteiger partial charge in [0.15, 0.2) is 0 Å². The van der Waals surface area contributed by atoms with Gasteiger partial charge in [-0.3, -0.25) is 9.48 Å². The van der Waals surface area contributed by atoms with Crippen molar-refractivity contribution in [1.29, 1.82) is 0 Å². The van der Waals surface area contributed by atoms with E-state index in [4.69, 9.17) is 5.73 Å². The molecule has 0 bridgehead atoms. The topological polar surface area (TPSA) is 64.2 Å². The fourth-order valence-electron chi connectivity index (χ4n) is 1.51. The molecule has 0 radical (unpaired) electrons. The van der Waals surface area contributed by atoms with Crippen LogP contribution in [0, 0.1) is 0 Å². The van der Waals surface area contributed by atoms with E-state index >= 15 is 0 Å². The van der Waals surface area contributed by atoms with Crippen LogP contribution < -0.4 is 5.73 Å². The summed E-state index contributed by atoms with van der Waals surface area (Å²) in [6.07, 6.45) is 5.79. The maximum atomic E-state index is 11.7. The summed E-state index contributed by atoms with van der Waals surface area (Å²) >= 11 is 0. The number of nitrogens with zero attached hydrogens (tertiary/aromatic N) is 3. The zero-order valence-electron chi connectivity index (χ0n) is 8.89. The van der Waals surface area contributed by atoms with E-state index in [-0.39, 0.29) is 5.91 Å². The van der Waals surface area contributed by atoms with Gasteiger partial charge in [0.2, 0.25) is 5.91 Å². The van der Waals surface area contributed by atoms with Crippen LogP contribution in [0.5, 0.6) is 0 Å². The zero-order chi connectivity index (χ0) is 10.8. The third-order valence-corrected chi connectivity index (χ3v) is 2.71. The van der Waals surface area contributed by atoms with E-state index in [1.807, 2.05) is 18.1 Å². The van der Waals surface area contributed by atoms with Crippen LogP contribution in [0.25, 0.3) is 0 Å². The van der Waals surface area contributed by atoms with Crippen LogP contribution in [-0.2, 0) is 17.9 Å². The molecule has 0 spiro atoms. The molecule has 82 valence electrons. The number of carbonyl (C=O) groups is 1. The number of hydrogen-bond donors (Lipinski definition) is 1. The molecule has 1 fully saturated rings.